The number of ether oxygens (including phenoxy) is 1. The summed E-state index contributed by atoms with van der Waals surface area (Å²) in [5.74, 6) is 1.51. The van der Waals surface area contributed by atoms with Gasteiger partial charge in [-0.15, -0.1) is 0 Å². The number of nitrogens with one attached hydrogen (secondary N) is 1. The molecule has 18 heavy (non-hydrogen) atoms. The Balaban J connectivity index is 1.90. The van der Waals surface area contributed by atoms with Gasteiger partial charge in [0.25, 0.3) is 0 Å². The normalized spacial score (nSPS) is 10.6. The molecule has 0 saturated heterocycles. The van der Waals surface area contributed by atoms with E-state index in [-0.39, 0.29) is 5.76 Å². The van der Waals surface area contributed by atoms with Crippen molar-refractivity contribution < 1.29 is 18.4 Å². The van der Waals surface area contributed by atoms with Gasteiger partial charge in [0.1, 0.15) is 11.5 Å². The number of furan rings is 2. The molecule has 0 amide bonds. The summed E-state index contributed by atoms with van der Waals surface area (Å²) in [5, 5.41) is 3.18. The summed E-state index contributed by atoms with van der Waals surface area (Å²) in [6, 6.07) is 5.57. The molecule has 0 aromatic carbocycles. The van der Waals surface area contributed by atoms with E-state index in [4.69, 9.17) is 8.83 Å². The average Bonchev–Trinajstić information content (AvgIpc) is 2.98. The molecular formula is C13H15NO4. The largest absolute Gasteiger partial charge is 0.465 e. The second-order valence-electron chi connectivity index (χ2n) is 3.88. The first-order chi connectivity index (χ1) is 8.70. The zero-order chi connectivity index (χ0) is 13.0. The van der Waals surface area contributed by atoms with E-state index in [9.17, 15) is 4.79 Å². The third-order valence-corrected chi connectivity index (χ3v) is 2.53. The zero-order valence-corrected chi connectivity index (χ0v) is 10.4. The van der Waals surface area contributed by atoms with Crippen molar-refractivity contribution in [1.29, 1.82) is 0 Å². The standard InChI is InChI=1S/C13H15NO4/c1-9-3-4-11(18-9)8-14-7-10-5-6-17-12(10)13(15)16-2/h3-6,14H,7-8H2,1-2H3. The Bertz CT molecular complexity index is 527. The van der Waals surface area contributed by atoms with E-state index < -0.39 is 5.97 Å². The number of carbonyl (C=O) groups is 1. The lowest BCUT2D eigenvalue weighted by Crippen LogP contribution is -2.14. The van der Waals surface area contributed by atoms with Gasteiger partial charge in [-0.3, -0.25) is 0 Å². The molecule has 0 aliphatic carbocycles. The third kappa shape index (κ3) is 2.81. The maximum absolute atomic E-state index is 11.4. The molecule has 0 saturated carbocycles. The van der Waals surface area contributed by atoms with Crippen molar-refractivity contribution in [2.24, 2.45) is 0 Å². The van der Waals surface area contributed by atoms with Gasteiger partial charge >= 0.3 is 5.97 Å². The van der Waals surface area contributed by atoms with Gasteiger partial charge in [0, 0.05) is 12.1 Å². The van der Waals surface area contributed by atoms with Crippen LogP contribution < -0.4 is 5.32 Å². The molecule has 0 bridgehead atoms. The molecule has 2 aromatic heterocycles. The lowest BCUT2D eigenvalue weighted by molar-refractivity contribution is 0.0563. The highest BCUT2D eigenvalue weighted by atomic mass is 16.5. The molecule has 5 heteroatoms. The monoisotopic (exact) mass is 249 g/mol. The highest BCUT2D eigenvalue weighted by Gasteiger charge is 2.15. The number of hydrogen-bond donors (Lipinski definition) is 1. The van der Waals surface area contributed by atoms with Crippen LogP contribution in [0.15, 0.2) is 33.3 Å². The maximum atomic E-state index is 11.4. The topological polar surface area (TPSA) is 64.6 Å². The van der Waals surface area contributed by atoms with Crippen LogP contribution in [0.4, 0.5) is 0 Å². The van der Waals surface area contributed by atoms with E-state index in [2.05, 4.69) is 10.1 Å². The Labute approximate surface area is 105 Å². The van der Waals surface area contributed by atoms with Gasteiger partial charge in [0.15, 0.2) is 0 Å². The average molecular weight is 249 g/mol. The first kappa shape index (κ1) is 12.4. The minimum atomic E-state index is -0.467. The molecule has 0 spiro atoms. The SMILES string of the molecule is COC(=O)c1occc1CNCc1ccc(C)o1. The molecule has 2 rings (SSSR count). The molecule has 0 aliphatic rings. The highest BCUT2D eigenvalue weighted by Crippen LogP contribution is 2.12. The fourth-order valence-corrected chi connectivity index (χ4v) is 1.65. The van der Waals surface area contributed by atoms with E-state index in [1.165, 1.54) is 13.4 Å². The molecule has 0 radical (unpaired) electrons. The predicted octanol–water partition coefficient (Wildman–Crippen LogP) is 2.26. The van der Waals surface area contributed by atoms with Crippen molar-refractivity contribution in [3.63, 3.8) is 0 Å². The van der Waals surface area contributed by atoms with Crippen LogP contribution in [0.1, 0.15) is 27.6 Å². The Morgan fingerprint density at radius 1 is 1.33 bits per heavy atom. The summed E-state index contributed by atoms with van der Waals surface area (Å²) in [4.78, 5) is 11.4. The lowest BCUT2D eigenvalue weighted by atomic mass is 10.2. The minimum Gasteiger partial charge on any atom is -0.465 e. The summed E-state index contributed by atoms with van der Waals surface area (Å²) in [6.45, 7) is 3.01. The van der Waals surface area contributed by atoms with E-state index in [0.29, 0.717) is 13.1 Å². The second kappa shape index (κ2) is 5.55. The fraction of sp³-hybridized carbons (Fsp3) is 0.308. The smallest absolute Gasteiger partial charge is 0.374 e. The summed E-state index contributed by atoms with van der Waals surface area (Å²) in [6.07, 6.45) is 1.47. The predicted molar refractivity (Wildman–Crippen MR) is 64.0 cm³/mol. The Kier molecular flexibility index (Phi) is 3.84. The lowest BCUT2D eigenvalue weighted by Gasteiger charge is -2.02. The number of aryl methyl sites for hydroxylation is 1. The fourth-order valence-electron chi connectivity index (χ4n) is 1.65. The van der Waals surface area contributed by atoms with Crippen LogP contribution in [0.25, 0.3) is 0 Å². The van der Waals surface area contributed by atoms with Gasteiger partial charge in [-0.2, -0.15) is 0 Å². The molecule has 5 nitrogen and oxygen atoms in total. The van der Waals surface area contributed by atoms with Crippen LogP contribution in [0.3, 0.4) is 0 Å². The number of hydrogen-bond acceptors (Lipinski definition) is 5. The molecule has 0 fully saturated rings. The molecule has 96 valence electrons. The van der Waals surface area contributed by atoms with E-state index in [0.717, 1.165) is 17.1 Å². The number of carbonyl (C=O) groups excluding carboxylic acids is 1. The number of esters is 1. The summed E-state index contributed by atoms with van der Waals surface area (Å²) in [5.41, 5.74) is 0.769. The van der Waals surface area contributed by atoms with Crippen molar-refractivity contribution >= 4 is 5.97 Å². The first-order valence-corrected chi connectivity index (χ1v) is 5.61. The van der Waals surface area contributed by atoms with E-state index in [1.54, 1.807) is 6.07 Å². The first-order valence-electron chi connectivity index (χ1n) is 5.61. The molecule has 0 unspecified atom stereocenters. The summed E-state index contributed by atoms with van der Waals surface area (Å²) >= 11 is 0. The number of methoxy groups -OCH3 is 1. The van der Waals surface area contributed by atoms with Crippen LogP contribution in [0.2, 0.25) is 0 Å². The Morgan fingerprint density at radius 2 is 2.17 bits per heavy atom. The highest BCUT2D eigenvalue weighted by molar-refractivity contribution is 5.87. The molecular weight excluding hydrogens is 234 g/mol. The van der Waals surface area contributed by atoms with Crippen LogP contribution in [0.5, 0.6) is 0 Å². The Morgan fingerprint density at radius 3 is 2.83 bits per heavy atom. The van der Waals surface area contributed by atoms with E-state index in [1.807, 2.05) is 19.1 Å². The van der Waals surface area contributed by atoms with Gasteiger partial charge in [-0.05, 0) is 25.1 Å². The van der Waals surface area contributed by atoms with Crippen molar-refractivity contribution in [1.82, 2.24) is 5.32 Å². The summed E-state index contributed by atoms with van der Waals surface area (Å²) < 4.78 is 15.1. The van der Waals surface area contributed by atoms with Crippen LogP contribution in [-0.2, 0) is 17.8 Å². The maximum Gasteiger partial charge on any atom is 0.374 e. The quantitative estimate of drug-likeness (QED) is 0.823. The summed E-state index contributed by atoms with van der Waals surface area (Å²) in [7, 11) is 1.33. The van der Waals surface area contributed by atoms with Crippen molar-refractivity contribution in [2.45, 2.75) is 20.0 Å². The minimum absolute atomic E-state index is 0.237. The molecule has 0 atom stereocenters. The Hall–Kier alpha value is -2.01. The van der Waals surface area contributed by atoms with Gasteiger partial charge in [0.2, 0.25) is 5.76 Å². The van der Waals surface area contributed by atoms with Crippen LogP contribution in [-0.4, -0.2) is 13.1 Å². The van der Waals surface area contributed by atoms with Gasteiger partial charge in [-0.25, -0.2) is 4.79 Å². The molecule has 2 heterocycles. The van der Waals surface area contributed by atoms with Crippen molar-refractivity contribution in [3.05, 3.63) is 47.3 Å². The number of rotatable bonds is 5. The van der Waals surface area contributed by atoms with Gasteiger partial charge < -0.3 is 18.9 Å². The second-order valence-corrected chi connectivity index (χ2v) is 3.88. The molecule has 2 aromatic rings. The van der Waals surface area contributed by atoms with E-state index >= 15 is 0 Å². The van der Waals surface area contributed by atoms with Crippen molar-refractivity contribution in [2.75, 3.05) is 7.11 Å². The zero-order valence-electron chi connectivity index (χ0n) is 10.4. The molecule has 1 N–H and O–H groups in total. The van der Waals surface area contributed by atoms with Gasteiger partial charge in [0.05, 0.1) is 19.9 Å². The van der Waals surface area contributed by atoms with Crippen LogP contribution >= 0.6 is 0 Å². The third-order valence-electron chi connectivity index (χ3n) is 2.53. The van der Waals surface area contributed by atoms with Crippen LogP contribution in [0, 0.1) is 6.92 Å². The molecule has 0 aliphatic heterocycles. The van der Waals surface area contributed by atoms with Gasteiger partial charge in [-0.1, -0.05) is 0 Å². The van der Waals surface area contributed by atoms with Crippen molar-refractivity contribution in [3.8, 4) is 0 Å².